The standard InChI is InChI=1S/C20H15FN4O3S2/c21-14-2-1-3-16-18(14)22-20(30-16)24-8-6-23(7-9-24)19(26)17-11-12-10-13(25(27)28)4-5-15(12)29-17/h1-5,10-11H,6-9H2. The summed E-state index contributed by atoms with van der Waals surface area (Å²) in [6, 6.07) is 11.3. The van der Waals surface area contributed by atoms with E-state index in [1.807, 2.05) is 6.07 Å². The van der Waals surface area contributed by atoms with Crippen LogP contribution >= 0.6 is 22.7 Å². The monoisotopic (exact) mass is 442 g/mol. The van der Waals surface area contributed by atoms with Gasteiger partial charge in [0.2, 0.25) is 0 Å². The number of halogens is 1. The van der Waals surface area contributed by atoms with Gasteiger partial charge in [-0.1, -0.05) is 17.4 Å². The molecule has 0 aliphatic carbocycles. The molecule has 1 amide bonds. The Morgan fingerprint density at radius 2 is 1.87 bits per heavy atom. The van der Waals surface area contributed by atoms with Gasteiger partial charge in [-0.3, -0.25) is 14.9 Å². The summed E-state index contributed by atoms with van der Waals surface area (Å²) in [6.07, 6.45) is 0. The van der Waals surface area contributed by atoms with Crippen LogP contribution in [0, 0.1) is 15.9 Å². The molecule has 0 bridgehead atoms. The lowest BCUT2D eigenvalue weighted by Crippen LogP contribution is -2.48. The van der Waals surface area contributed by atoms with Gasteiger partial charge in [0, 0.05) is 48.4 Å². The quantitative estimate of drug-likeness (QED) is 0.344. The zero-order valence-corrected chi connectivity index (χ0v) is 17.2. The van der Waals surface area contributed by atoms with Crippen molar-refractivity contribution in [2.45, 2.75) is 0 Å². The SMILES string of the molecule is O=C(c1cc2cc([N+](=O)[O-])ccc2s1)N1CCN(c2nc3c(F)cccc3s2)CC1. The number of nitro groups is 1. The van der Waals surface area contributed by atoms with Crippen molar-refractivity contribution in [2.75, 3.05) is 31.1 Å². The molecule has 1 aliphatic rings. The van der Waals surface area contributed by atoms with E-state index in [2.05, 4.69) is 9.88 Å². The van der Waals surface area contributed by atoms with E-state index in [1.54, 1.807) is 23.1 Å². The molecule has 3 heterocycles. The van der Waals surface area contributed by atoms with E-state index in [4.69, 9.17) is 0 Å². The number of fused-ring (bicyclic) bond motifs is 2. The summed E-state index contributed by atoms with van der Waals surface area (Å²) in [5, 5.41) is 12.4. The molecule has 7 nitrogen and oxygen atoms in total. The van der Waals surface area contributed by atoms with Crippen molar-refractivity contribution in [1.29, 1.82) is 0 Å². The Hall–Kier alpha value is -3.11. The molecule has 0 radical (unpaired) electrons. The molecule has 10 heteroatoms. The van der Waals surface area contributed by atoms with E-state index < -0.39 is 4.92 Å². The molecule has 152 valence electrons. The Balaban J connectivity index is 1.31. The van der Waals surface area contributed by atoms with Gasteiger partial charge in [-0.2, -0.15) is 0 Å². The van der Waals surface area contributed by atoms with Crippen LogP contribution in [0.5, 0.6) is 0 Å². The number of anilines is 1. The lowest BCUT2D eigenvalue weighted by Gasteiger charge is -2.34. The molecule has 0 N–H and O–H groups in total. The number of nitrogens with zero attached hydrogens (tertiary/aromatic N) is 4. The number of thiazole rings is 1. The van der Waals surface area contributed by atoms with Gasteiger partial charge < -0.3 is 9.80 Å². The zero-order chi connectivity index (χ0) is 20.8. The first-order valence-electron chi connectivity index (χ1n) is 9.27. The topological polar surface area (TPSA) is 79.6 Å². The third-order valence-electron chi connectivity index (χ3n) is 5.12. The molecule has 1 saturated heterocycles. The number of carbonyl (C=O) groups excluding carboxylic acids is 1. The van der Waals surface area contributed by atoms with Crippen LogP contribution in [0.4, 0.5) is 15.2 Å². The normalized spacial score (nSPS) is 14.6. The van der Waals surface area contributed by atoms with E-state index in [0.29, 0.717) is 42.0 Å². The van der Waals surface area contributed by atoms with Crippen molar-refractivity contribution in [3.63, 3.8) is 0 Å². The number of hydrogen-bond acceptors (Lipinski definition) is 7. The molecule has 0 atom stereocenters. The maximum atomic E-state index is 13.9. The highest BCUT2D eigenvalue weighted by Crippen LogP contribution is 2.32. The molecule has 2 aromatic heterocycles. The van der Waals surface area contributed by atoms with Gasteiger partial charge in [0.1, 0.15) is 11.3 Å². The zero-order valence-electron chi connectivity index (χ0n) is 15.6. The Morgan fingerprint density at radius 3 is 2.60 bits per heavy atom. The first kappa shape index (κ1) is 18.9. The number of non-ortho nitro benzene ring substituents is 1. The van der Waals surface area contributed by atoms with E-state index in [1.165, 1.54) is 40.9 Å². The number of aromatic nitrogens is 1. The summed E-state index contributed by atoms with van der Waals surface area (Å²) in [5.74, 6) is -0.400. The number of amides is 1. The van der Waals surface area contributed by atoms with Crippen LogP contribution in [0.3, 0.4) is 0 Å². The Kier molecular flexibility index (Phi) is 4.59. The van der Waals surface area contributed by atoms with Gasteiger partial charge in [-0.05, 0) is 24.3 Å². The second-order valence-corrected chi connectivity index (χ2v) is 9.05. The van der Waals surface area contributed by atoms with Gasteiger partial charge in [0.15, 0.2) is 5.13 Å². The molecule has 5 rings (SSSR count). The molecule has 1 fully saturated rings. The first-order chi connectivity index (χ1) is 14.5. The fraction of sp³-hybridized carbons (Fsp3) is 0.200. The number of para-hydroxylation sites is 1. The van der Waals surface area contributed by atoms with Crippen molar-refractivity contribution in [1.82, 2.24) is 9.88 Å². The summed E-state index contributed by atoms with van der Waals surface area (Å²) in [4.78, 5) is 32.3. The minimum Gasteiger partial charge on any atom is -0.345 e. The Morgan fingerprint density at radius 1 is 1.07 bits per heavy atom. The second-order valence-electron chi connectivity index (χ2n) is 6.95. The van der Waals surface area contributed by atoms with E-state index in [9.17, 15) is 19.3 Å². The van der Waals surface area contributed by atoms with Gasteiger partial charge in [0.05, 0.1) is 14.5 Å². The largest absolute Gasteiger partial charge is 0.345 e. The van der Waals surface area contributed by atoms with E-state index >= 15 is 0 Å². The van der Waals surface area contributed by atoms with Gasteiger partial charge >= 0.3 is 0 Å². The number of benzene rings is 2. The molecule has 30 heavy (non-hydrogen) atoms. The maximum Gasteiger partial charge on any atom is 0.270 e. The molecular weight excluding hydrogens is 427 g/mol. The first-order valence-corrected chi connectivity index (χ1v) is 10.9. The Bertz CT molecular complexity index is 1290. The summed E-state index contributed by atoms with van der Waals surface area (Å²) < 4.78 is 15.6. The van der Waals surface area contributed by atoms with Crippen molar-refractivity contribution >= 4 is 59.7 Å². The molecule has 0 spiro atoms. The number of rotatable bonds is 3. The highest BCUT2D eigenvalue weighted by Gasteiger charge is 2.25. The van der Waals surface area contributed by atoms with Crippen LogP contribution < -0.4 is 4.90 Å². The van der Waals surface area contributed by atoms with Crippen LogP contribution in [-0.4, -0.2) is 46.9 Å². The van der Waals surface area contributed by atoms with E-state index in [-0.39, 0.29) is 17.4 Å². The average molecular weight is 442 g/mol. The number of piperazine rings is 1. The Labute approximate surface area is 178 Å². The van der Waals surface area contributed by atoms with Gasteiger partial charge in [0.25, 0.3) is 11.6 Å². The van der Waals surface area contributed by atoms with Crippen molar-refractivity contribution in [2.24, 2.45) is 0 Å². The van der Waals surface area contributed by atoms with Gasteiger partial charge in [-0.25, -0.2) is 9.37 Å². The summed E-state index contributed by atoms with van der Waals surface area (Å²) in [6.45, 7) is 2.30. The summed E-state index contributed by atoms with van der Waals surface area (Å²) in [7, 11) is 0. The lowest BCUT2D eigenvalue weighted by atomic mass is 10.2. The van der Waals surface area contributed by atoms with Gasteiger partial charge in [-0.15, -0.1) is 11.3 Å². The molecule has 0 unspecified atom stereocenters. The molecule has 4 aromatic rings. The fourth-order valence-corrected chi connectivity index (χ4v) is 5.59. The number of thiophene rings is 1. The third kappa shape index (κ3) is 3.27. The second kappa shape index (κ2) is 7.29. The van der Waals surface area contributed by atoms with Crippen LogP contribution in [0.15, 0.2) is 42.5 Å². The van der Waals surface area contributed by atoms with Crippen molar-refractivity contribution in [3.8, 4) is 0 Å². The lowest BCUT2D eigenvalue weighted by molar-refractivity contribution is -0.384. The van der Waals surface area contributed by atoms with Crippen molar-refractivity contribution in [3.05, 3.63) is 63.3 Å². The van der Waals surface area contributed by atoms with Crippen LogP contribution in [-0.2, 0) is 0 Å². The molecule has 0 saturated carbocycles. The number of carbonyl (C=O) groups is 1. The highest BCUT2D eigenvalue weighted by molar-refractivity contribution is 7.22. The number of nitro benzene ring substituents is 1. The maximum absolute atomic E-state index is 13.9. The van der Waals surface area contributed by atoms with Crippen LogP contribution in [0.2, 0.25) is 0 Å². The molecule has 1 aliphatic heterocycles. The minimum atomic E-state index is -0.439. The summed E-state index contributed by atoms with van der Waals surface area (Å²) in [5.41, 5.74) is 0.399. The van der Waals surface area contributed by atoms with Crippen LogP contribution in [0.1, 0.15) is 9.67 Å². The average Bonchev–Trinajstić information content (AvgIpc) is 3.38. The smallest absolute Gasteiger partial charge is 0.270 e. The minimum absolute atomic E-state index is 0.0141. The van der Waals surface area contributed by atoms with Crippen LogP contribution in [0.25, 0.3) is 20.3 Å². The highest BCUT2D eigenvalue weighted by atomic mass is 32.1. The molecule has 2 aromatic carbocycles. The molecular formula is C20H15FN4O3S2. The van der Waals surface area contributed by atoms with E-state index in [0.717, 1.165) is 14.5 Å². The fourth-order valence-electron chi connectivity index (χ4n) is 3.54. The summed E-state index contributed by atoms with van der Waals surface area (Å²) >= 11 is 2.79. The predicted molar refractivity (Wildman–Crippen MR) is 116 cm³/mol. The third-order valence-corrected chi connectivity index (χ3v) is 7.30. The predicted octanol–water partition coefficient (Wildman–Crippen LogP) is 4.52. The van der Waals surface area contributed by atoms with Crippen molar-refractivity contribution < 1.29 is 14.1 Å². The number of hydrogen-bond donors (Lipinski definition) is 0.